The number of carboxylic acids is 1. The van der Waals surface area contributed by atoms with Crippen LogP contribution in [-0.2, 0) is 19.1 Å². The van der Waals surface area contributed by atoms with E-state index in [0.717, 1.165) is 12.8 Å². The lowest BCUT2D eigenvalue weighted by molar-refractivity contribution is -0.145. The maximum absolute atomic E-state index is 12.7. The fourth-order valence-corrected chi connectivity index (χ4v) is 5.13. The van der Waals surface area contributed by atoms with E-state index in [4.69, 9.17) is 4.74 Å². The molecule has 1 aliphatic heterocycles. The topological polar surface area (TPSA) is 125 Å². The zero-order valence-electron chi connectivity index (χ0n) is 16.7. The summed E-state index contributed by atoms with van der Waals surface area (Å²) in [5.74, 6) is -0.490. The lowest BCUT2D eigenvalue weighted by Crippen LogP contribution is -2.54. The van der Waals surface area contributed by atoms with Crippen molar-refractivity contribution in [3.63, 3.8) is 0 Å². The lowest BCUT2D eigenvalue weighted by atomic mass is 10.1. The Morgan fingerprint density at radius 2 is 1.90 bits per heavy atom. The van der Waals surface area contributed by atoms with Crippen LogP contribution >= 0.6 is 0 Å². The van der Waals surface area contributed by atoms with E-state index in [-0.39, 0.29) is 24.5 Å². The van der Waals surface area contributed by atoms with Crippen molar-refractivity contribution in [2.45, 2.75) is 69.6 Å². The first-order valence-corrected chi connectivity index (χ1v) is 10.6. The summed E-state index contributed by atoms with van der Waals surface area (Å²) in [7, 11) is 0. The molecule has 29 heavy (non-hydrogen) atoms. The number of nitrogens with one attached hydrogen (secondary N) is 2. The number of hydrogen-bond acceptors (Lipinski definition) is 5. The minimum Gasteiger partial charge on any atom is -0.479 e. The molecule has 0 radical (unpaired) electrons. The number of rotatable bonds is 7. The molecule has 0 aromatic rings. The first-order valence-electron chi connectivity index (χ1n) is 10.6. The van der Waals surface area contributed by atoms with E-state index in [0.29, 0.717) is 44.1 Å². The quantitative estimate of drug-likeness (QED) is 0.575. The Balaban J connectivity index is 1.26. The molecule has 1 saturated heterocycles. The van der Waals surface area contributed by atoms with Gasteiger partial charge in [0.15, 0.2) is 0 Å². The standard InChI is InChI=1S/C20H29N3O6/c1-2-13-9-20(13,18(26)27)22-17(25)15-4-3-5-23(15)16(24)10-21-19(28)29-14-7-11-6-12(11)8-14/h11-15H,2-10H2,1H3,(H,21,28)(H,22,25)(H,26,27)/t11-,12?,13+,14?,15-,20?/m0/s1. The van der Waals surface area contributed by atoms with Crippen molar-refractivity contribution in [3.8, 4) is 0 Å². The predicted octanol–water partition coefficient (Wildman–Crippen LogP) is 0.872. The highest BCUT2D eigenvalue weighted by atomic mass is 16.6. The van der Waals surface area contributed by atoms with Crippen molar-refractivity contribution in [1.29, 1.82) is 0 Å². The molecule has 3 aliphatic carbocycles. The second kappa shape index (κ2) is 7.50. The van der Waals surface area contributed by atoms with E-state index in [1.165, 1.54) is 11.3 Å². The number of amides is 3. The van der Waals surface area contributed by atoms with E-state index in [9.17, 15) is 24.3 Å². The normalized spacial score (nSPS) is 36.9. The second-order valence-electron chi connectivity index (χ2n) is 8.93. The number of ether oxygens (including phenoxy) is 1. The number of hydrogen-bond donors (Lipinski definition) is 3. The van der Waals surface area contributed by atoms with Crippen molar-refractivity contribution < 1.29 is 29.0 Å². The number of aliphatic carboxylic acids is 1. The van der Waals surface area contributed by atoms with Gasteiger partial charge < -0.3 is 25.4 Å². The summed E-state index contributed by atoms with van der Waals surface area (Å²) >= 11 is 0. The smallest absolute Gasteiger partial charge is 0.407 e. The van der Waals surface area contributed by atoms with Crippen molar-refractivity contribution in [2.24, 2.45) is 17.8 Å². The number of carbonyl (C=O) groups excluding carboxylic acids is 3. The average Bonchev–Trinajstić information content (AvgIpc) is 3.46. The molecule has 3 saturated carbocycles. The summed E-state index contributed by atoms with van der Waals surface area (Å²) in [6.07, 6.45) is 4.64. The number of alkyl carbamates (subject to hydrolysis) is 1. The summed E-state index contributed by atoms with van der Waals surface area (Å²) in [4.78, 5) is 50.2. The van der Waals surface area contributed by atoms with Crippen LogP contribution in [0.5, 0.6) is 0 Å². The Bertz CT molecular complexity index is 717. The third kappa shape index (κ3) is 3.91. The van der Waals surface area contributed by atoms with Crippen molar-refractivity contribution in [1.82, 2.24) is 15.5 Å². The van der Waals surface area contributed by atoms with Crippen LogP contribution in [0.4, 0.5) is 4.79 Å². The predicted molar refractivity (Wildman–Crippen MR) is 101 cm³/mol. The monoisotopic (exact) mass is 407 g/mol. The molecule has 4 aliphatic rings. The first-order chi connectivity index (χ1) is 13.8. The van der Waals surface area contributed by atoms with Crippen molar-refractivity contribution in [2.75, 3.05) is 13.1 Å². The highest BCUT2D eigenvalue weighted by Crippen LogP contribution is 2.52. The highest BCUT2D eigenvalue weighted by Gasteiger charge is 2.61. The summed E-state index contributed by atoms with van der Waals surface area (Å²) in [5.41, 5.74) is -1.20. The molecular weight excluding hydrogens is 378 g/mol. The van der Waals surface area contributed by atoms with Gasteiger partial charge in [-0.05, 0) is 56.3 Å². The van der Waals surface area contributed by atoms with E-state index < -0.39 is 29.6 Å². The summed E-state index contributed by atoms with van der Waals surface area (Å²) in [5, 5.41) is 14.7. The van der Waals surface area contributed by atoms with Gasteiger partial charge in [-0.25, -0.2) is 9.59 Å². The maximum atomic E-state index is 12.7. The van der Waals surface area contributed by atoms with Crippen molar-refractivity contribution in [3.05, 3.63) is 0 Å². The lowest BCUT2D eigenvalue weighted by Gasteiger charge is -2.26. The summed E-state index contributed by atoms with van der Waals surface area (Å²) in [6.45, 7) is 2.08. The molecule has 6 atom stereocenters. The largest absolute Gasteiger partial charge is 0.479 e. The molecule has 3 unspecified atom stereocenters. The van der Waals surface area contributed by atoms with E-state index in [1.54, 1.807) is 0 Å². The van der Waals surface area contributed by atoms with Crippen LogP contribution < -0.4 is 10.6 Å². The fraction of sp³-hybridized carbons (Fsp3) is 0.800. The van der Waals surface area contributed by atoms with Crippen LogP contribution in [-0.4, -0.2) is 64.7 Å². The molecule has 0 aromatic carbocycles. The summed E-state index contributed by atoms with van der Waals surface area (Å²) in [6, 6.07) is -0.698. The molecular formula is C20H29N3O6. The van der Waals surface area contributed by atoms with Crippen LogP contribution in [0.15, 0.2) is 0 Å². The van der Waals surface area contributed by atoms with Gasteiger partial charge in [0.05, 0.1) is 0 Å². The van der Waals surface area contributed by atoms with Gasteiger partial charge in [-0.2, -0.15) is 0 Å². The third-order valence-corrected chi connectivity index (χ3v) is 7.06. The summed E-state index contributed by atoms with van der Waals surface area (Å²) < 4.78 is 5.36. The van der Waals surface area contributed by atoms with Gasteiger partial charge >= 0.3 is 12.1 Å². The molecule has 9 heteroatoms. The molecule has 3 amide bonds. The molecule has 4 fully saturated rings. The van der Waals surface area contributed by atoms with Crippen LogP contribution in [0.3, 0.4) is 0 Å². The van der Waals surface area contributed by atoms with E-state index in [1.807, 2.05) is 6.92 Å². The van der Waals surface area contributed by atoms with Crippen LogP contribution in [0.25, 0.3) is 0 Å². The van der Waals surface area contributed by atoms with E-state index >= 15 is 0 Å². The molecule has 9 nitrogen and oxygen atoms in total. The van der Waals surface area contributed by atoms with E-state index in [2.05, 4.69) is 10.6 Å². The molecule has 3 N–H and O–H groups in total. The highest BCUT2D eigenvalue weighted by molar-refractivity contribution is 5.95. The molecule has 160 valence electrons. The maximum Gasteiger partial charge on any atom is 0.407 e. The Morgan fingerprint density at radius 1 is 1.17 bits per heavy atom. The zero-order chi connectivity index (χ0) is 20.8. The minimum absolute atomic E-state index is 0.0589. The second-order valence-corrected chi connectivity index (χ2v) is 8.93. The third-order valence-electron chi connectivity index (χ3n) is 7.06. The number of likely N-dealkylation sites (tertiary alicyclic amines) is 1. The Morgan fingerprint density at radius 3 is 2.52 bits per heavy atom. The van der Waals surface area contributed by atoms with Gasteiger partial charge in [-0.15, -0.1) is 0 Å². The van der Waals surface area contributed by atoms with Crippen LogP contribution in [0.2, 0.25) is 0 Å². The SMILES string of the molecule is CC[C@@H]1CC1(NC(=O)[C@@H]1CCCN1C(=O)CNC(=O)OC1CC2C[C@H]2C1)C(=O)O. The van der Waals surface area contributed by atoms with Crippen molar-refractivity contribution >= 4 is 23.9 Å². The van der Waals surface area contributed by atoms with Gasteiger partial charge in [0.1, 0.15) is 24.2 Å². The van der Waals surface area contributed by atoms with Crippen LogP contribution in [0, 0.1) is 17.8 Å². The van der Waals surface area contributed by atoms with Gasteiger partial charge in [-0.1, -0.05) is 13.3 Å². The minimum atomic E-state index is -1.20. The number of fused-ring (bicyclic) bond motifs is 1. The van der Waals surface area contributed by atoms with Gasteiger partial charge in [0, 0.05) is 6.54 Å². The molecule has 0 bridgehead atoms. The fourth-order valence-electron chi connectivity index (χ4n) is 5.13. The average molecular weight is 407 g/mol. The Hall–Kier alpha value is -2.32. The number of nitrogens with zero attached hydrogens (tertiary/aromatic N) is 1. The molecule has 0 spiro atoms. The molecule has 0 aromatic heterocycles. The Labute approximate surface area is 169 Å². The Kier molecular flexibility index (Phi) is 5.16. The molecule has 4 rings (SSSR count). The molecule has 1 heterocycles. The first kappa shape index (κ1) is 20.0. The zero-order valence-corrected chi connectivity index (χ0v) is 16.7. The van der Waals surface area contributed by atoms with Gasteiger partial charge in [0.25, 0.3) is 0 Å². The number of carboxylic acid groups (broad SMARTS) is 1. The van der Waals surface area contributed by atoms with Gasteiger partial charge in [-0.3, -0.25) is 9.59 Å². The number of carbonyl (C=O) groups is 4. The van der Waals surface area contributed by atoms with Crippen LogP contribution in [0.1, 0.15) is 51.9 Å². The van der Waals surface area contributed by atoms with Gasteiger partial charge in [0.2, 0.25) is 11.8 Å².